The molecule has 1 saturated carbocycles. The molecule has 1 aromatic carbocycles. The third kappa shape index (κ3) is 2.94. The van der Waals surface area contributed by atoms with E-state index in [2.05, 4.69) is 5.32 Å². The SMILES string of the molecule is COc1ccc(C(=O)O)cc1NC1CCCCC1. The predicted molar refractivity (Wildman–Crippen MR) is 70.4 cm³/mol. The van der Waals surface area contributed by atoms with Gasteiger partial charge in [0.1, 0.15) is 5.75 Å². The lowest BCUT2D eigenvalue weighted by molar-refractivity contribution is 0.0697. The maximum absolute atomic E-state index is 11.0. The van der Waals surface area contributed by atoms with Gasteiger partial charge < -0.3 is 15.2 Å². The molecule has 18 heavy (non-hydrogen) atoms. The van der Waals surface area contributed by atoms with Gasteiger partial charge in [0.2, 0.25) is 0 Å². The van der Waals surface area contributed by atoms with E-state index in [1.165, 1.54) is 19.3 Å². The van der Waals surface area contributed by atoms with Crippen LogP contribution in [-0.4, -0.2) is 24.2 Å². The zero-order valence-electron chi connectivity index (χ0n) is 10.6. The molecule has 98 valence electrons. The topological polar surface area (TPSA) is 58.6 Å². The molecule has 1 aromatic rings. The fraction of sp³-hybridized carbons (Fsp3) is 0.500. The van der Waals surface area contributed by atoms with Gasteiger partial charge in [0.05, 0.1) is 18.4 Å². The van der Waals surface area contributed by atoms with Gasteiger partial charge in [0.15, 0.2) is 0 Å². The number of carbonyl (C=O) groups is 1. The lowest BCUT2D eigenvalue weighted by Crippen LogP contribution is -2.22. The average Bonchev–Trinajstić information content (AvgIpc) is 2.39. The Kier molecular flexibility index (Phi) is 4.07. The van der Waals surface area contributed by atoms with Gasteiger partial charge in [0, 0.05) is 6.04 Å². The standard InChI is InChI=1S/C14H19NO3/c1-18-13-8-7-10(14(16)17)9-12(13)15-11-5-3-2-4-6-11/h7-9,11,15H,2-6H2,1H3,(H,16,17). The van der Waals surface area contributed by atoms with E-state index in [1.807, 2.05) is 0 Å². The van der Waals surface area contributed by atoms with Gasteiger partial charge in [-0.25, -0.2) is 4.79 Å². The number of anilines is 1. The van der Waals surface area contributed by atoms with E-state index in [4.69, 9.17) is 9.84 Å². The Morgan fingerprint density at radius 3 is 2.67 bits per heavy atom. The predicted octanol–water partition coefficient (Wildman–Crippen LogP) is 3.14. The van der Waals surface area contributed by atoms with E-state index < -0.39 is 5.97 Å². The number of aromatic carboxylic acids is 1. The minimum atomic E-state index is -0.913. The third-order valence-corrected chi connectivity index (χ3v) is 3.41. The van der Waals surface area contributed by atoms with Crippen molar-refractivity contribution in [2.75, 3.05) is 12.4 Å². The van der Waals surface area contributed by atoms with Crippen molar-refractivity contribution in [2.24, 2.45) is 0 Å². The van der Waals surface area contributed by atoms with Crippen LogP contribution in [0.1, 0.15) is 42.5 Å². The van der Waals surface area contributed by atoms with E-state index in [-0.39, 0.29) is 5.56 Å². The van der Waals surface area contributed by atoms with Gasteiger partial charge in [-0.15, -0.1) is 0 Å². The molecule has 0 radical (unpaired) electrons. The first-order chi connectivity index (χ1) is 8.70. The van der Waals surface area contributed by atoms with Gasteiger partial charge >= 0.3 is 5.97 Å². The molecule has 2 rings (SSSR count). The molecule has 0 aliphatic heterocycles. The van der Waals surface area contributed by atoms with Gasteiger partial charge in [0.25, 0.3) is 0 Å². The van der Waals surface area contributed by atoms with Crippen LogP contribution in [0.15, 0.2) is 18.2 Å². The molecule has 0 unspecified atom stereocenters. The van der Waals surface area contributed by atoms with Crippen LogP contribution < -0.4 is 10.1 Å². The first kappa shape index (κ1) is 12.7. The lowest BCUT2D eigenvalue weighted by Gasteiger charge is -2.25. The smallest absolute Gasteiger partial charge is 0.335 e. The zero-order valence-corrected chi connectivity index (χ0v) is 10.6. The Labute approximate surface area is 107 Å². The van der Waals surface area contributed by atoms with Crippen LogP contribution in [0, 0.1) is 0 Å². The number of hydrogen-bond donors (Lipinski definition) is 2. The summed E-state index contributed by atoms with van der Waals surface area (Å²) in [5.41, 5.74) is 1.07. The van der Waals surface area contributed by atoms with Crippen molar-refractivity contribution in [3.05, 3.63) is 23.8 Å². The van der Waals surface area contributed by atoms with E-state index in [0.717, 1.165) is 18.5 Å². The molecule has 0 heterocycles. The molecule has 0 amide bonds. The molecule has 2 N–H and O–H groups in total. The van der Waals surface area contributed by atoms with Crippen molar-refractivity contribution < 1.29 is 14.6 Å². The molecule has 4 heteroatoms. The Bertz CT molecular complexity index is 425. The van der Waals surface area contributed by atoms with Crippen LogP contribution in [0.3, 0.4) is 0 Å². The molecule has 0 saturated heterocycles. The van der Waals surface area contributed by atoms with Gasteiger partial charge in [-0.2, -0.15) is 0 Å². The highest BCUT2D eigenvalue weighted by Gasteiger charge is 2.16. The largest absolute Gasteiger partial charge is 0.495 e. The number of benzene rings is 1. The second-order valence-electron chi connectivity index (χ2n) is 4.70. The summed E-state index contributed by atoms with van der Waals surface area (Å²) in [4.78, 5) is 11.0. The molecule has 1 aliphatic carbocycles. The fourth-order valence-electron chi connectivity index (χ4n) is 2.42. The first-order valence-corrected chi connectivity index (χ1v) is 6.38. The number of ether oxygens (including phenoxy) is 1. The Balaban J connectivity index is 2.17. The van der Waals surface area contributed by atoms with Crippen molar-refractivity contribution in [3.8, 4) is 5.75 Å². The summed E-state index contributed by atoms with van der Waals surface area (Å²) in [5, 5.41) is 12.4. The van der Waals surface area contributed by atoms with Crippen molar-refractivity contribution in [1.29, 1.82) is 0 Å². The third-order valence-electron chi connectivity index (χ3n) is 3.41. The quantitative estimate of drug-likeness (QED) is 0.860. The number of methoxy groups -OCH3 is 1. The summed E-state index contributed by atoms with van der Waals surface area (Å²) >= 11 is 0. The van der Waals surface area contributed by atoms with E-state index >= 15 is 0 Å². The van der Waals surface area contributed by atoms with Crippen LogP contribution >= 0.6 is 0 Å². The summed E-state index contributed by atoms with van der Waals surface area (Å²) in [6, 6.07) is 5.34. The Morgan fingerprint density at radius 1 is 1.33 bits per heavy atom. The van der Waals surface area contributed by atoms with Crippen molar-refractivity contribution >= 4 is 11.7 Å². The number of nitrogens with one attached hydrogen (secondary N) is 1. The monoisotopic (exact) mass is 249 g/mol. The summed E-state index contributed by atoms with van der Waals surface area (Å²) in [7, 11) is 1.60. The Hall–Kier alpha value is -1.71. The molecule has 0 aromatic heterocycles. The lowest BCUT2D eigenvalue weighted by atomic mass is 9.95. The van der Waals surface area contributed by atoms with E-state index in [0.29, 0.717) is 11.8 Å². The highest BCUT2D eigenvalue weighted by Crippen LogP contribution is 2.29. The van der Waals surface area contributed by atoms with Gasteiger partial charge in [-0.3, -0.25) is 0 Å². The van der Waals surface area contributed by atoms with Crippen molar-refractivity contribution in [2.45, 2.75) is 38.1 Å². The van der Waals surface area contributed by atoms with Gasteiger partial charge in [-0.1, -0.05) is 19.3 Å². The average molecular weight is 249 g/mol. The second kappa shape index (κ2) is 5.76. The molecule has 0 bridgehead atoms. The number of hydrogen-bond acceptors (Lipinski definition) is 3. The highest BCUT2D eigenvalue weighted by atomic mass is 16.5. The van der Waals surface area contributed by atoms with Crippen LogP contribution in [0.25, 0.3) is 0 Å². The van der Waals surface area contributed by atoms with E-state index in [1.54, 1.807) is 25.3 Å². The fourth-order valence-corrected chi connectivity index (χ4v) is 2.42. The first-order valence-electron chi connectivity index (χ1n) is 6.38. The molecule has 0 atom stereocenters. The van der Waals surface area contributed by atoms with Crippen LogP contribution in [0.2, 0.25) is 0 Å². The molecule has 4 nitrogen and oxygen atoms in total. The molecular weight excluding hydrogens is 230 g/mol. The van der Waals surface area contributed by atoms with Gasteiger partial charge in [-0.05, 0) is 31.0 Å². The molecule has 0 spiro atoms. The summed E-state index contributed by atoms with van der Waals surface area (Å²) in [6.07, 6.45) is 6.04. The Morgan fingerprint density at radius 2 is 2.06 bits per heavy atom. The molecule has 1 fully saturated rings. The molecular formula is C14H19NO3. The summed E-state index contributed by atoms with van der Waals surface area (Å²) in [6.45, 7) is 0. The van der Waals surface area contributed by atoms with Crippen molar-refractivity contribution in [1.82, 2.24) is 0 Å². The normalized spacial score (nSPS) is 16.3. The van der Waals surface area contributed by atoms with E-state index in [9.17, 15) is 4.79 Å². The maximum Gasteiger partial charge on any atom is 0.335 e. The maximum atomic E-state index is 11.0. The minimum Gasteiger partial charge on any atom is -0.495 e. The summed E-state index contributed by atoms with van der Waals surface area (Å²) < 4.78 is 5.27. The van der Waals surface area contributed by atoms with Crippen LogP contribution in [-0.2, 0) is 0 Å². The minimum absolute atomic E-state index is 0.286. The number of rotatable bonds is 4. The summed E-state index contributed by atoms with van der Waals surface area (Å²) in [5.74, 6) is -0.213. The molecule has 1 aliphatic rings. The number of carboxylic acids is 1. The second-order valence-corrected chi connectivity index (χ2v) is 4.70. The number of carboxylic acid groups (broad SMARTS) is 1. The van der Waals surface area contributed by atoms with Crippen LogP contribution in [0.4, 0.5) is 5.69 Å². The van der Waals surface area contributed by atoms with Crippen molar-refractivity contribution in [3.63, 3.8) is 0 Å². The van der Waals surface area contributed by atoms with Crippen LogP contribution in [0.5, 0.6) is 5.75 Å². The highest BCUT2D eigenvalue weighted by molar-refractivity contribution is 5.89. The zero-order chi connectivity index (χ0) is 13.0.